The Balaban J connectivity index is 2.09. The van der Waals surface area contributed by atoms with Gasteiger partial charge in [0.15, 0.2) is 6.29 Å². The Kier molecular flexibility index (Phi) is 42.0. The molecule has 11 heteroatoms. The summed E-state index contributed by atoms with van der Waals surface area (Å²) in [5.74, 6) is -0.233. The van der Waals surface area contributed by atoms with Crippen LogP contribution in [0.25, 0.3) is 0 Å². The van der Waals surface area contributed by atoms with Gasteiger partial charge in [0.1, 0.15) is 24.4 Å². The highest BCUT2D eigenvalue weighted by Crippen LogP contribution is 2.23. The Bertz CT molecular complexity index is 1130. The molecule has 11 nitrogen and oxygen atoms in total. The predicted octanol–water partition coefficient (Wildman–Crippen LogP) is 11.4. The van der Waals surface area contributed by atoms with Crippen LogP contribution >= 0.6 is 0 Å². The molecule has 1 fully saturated rings. The van der Waals surface area contributed by atoms with Crippen molar-refractivity contribution in [3.8, 4) is 0 Å². The Labute approximate surface area is 397 Å². The van der Waals surface area contributed by atoms with E-state index in [9.17, 15) is 35.1 Å². The van der Waals surface area contributed by atoms with E-state index in [2.05, 4.69) is 31.3 Å². The summed E-state index contributed by atoms with van der Waals surface area (Å²) in [6.45, 7) is 4.25. The second-order valence-electron chi connectivity index (χ2n) is 18.9. The Morgan fingerprint density at radius 1 is 0.554 bits per heavy atom. The third kappa shape index (κ3) is 35.0. The molecule has 0 spiro atoms. The SMILES string of the molecule is CCCCCCCC/C=C\CCCCCCCC(=O)OCCCCCCCCCCCCCCCC(=O)NC(COC1OC(CO)C(O)C(O)C1O)C(O)/C=C/CCCCCCCCC. The van der Waals surface area contributed by atoms with Crippen molar-refractivity contribution in [2.24, 2.45) is 0 Å². The van der Waals surface area contributed by atoms with E-state index in [-0.39, 0.29) is 18.5 Å². The fourth-order valence-corrected chi connectivity index (χ4v) is 8.43. The number of carbonyl (C=O) groups excluding carboxylic acids is 2. The number of aliphatic hydroxyl groups excluding tert-OH is 5. The van der Waals surface area contributed by atoms with Crippen LogP contribution in [0.1, 0.15) is 245 Å². The van der Waals surface area contributed by atoms with Crippen molar-refractivity contribution in [2.75, 3.05) is 19.8 Å². The number of amides is 1. The highest BCUT2D eigenvalue weighted by atomic mass is 16.7. The van der Waals surface area contributed by atoms with E-state index in [1.54, 1.807) is 6.08 Å². The lowest BCUT2D eigenvalue weighted by Gasteiger charge is -2.40. The van der Waals surface area contributed by atoms with Crippen LogP contribution in [-0.2, 0) is 23.8 Å². The van der Waals surface area contributed by atoms with E-state index in [1.165, 1.54) is 148 Å². The summed E-state index contributed by atoms with van der Waals surface area (Å²) < 4.78 is 16.6. The topological polar surface area (TPSA) is 175 Å². The van der Waals surface area contributed by atoms with Gasteiger partial charge in [0.25, 0.3) is 0 Å². The van der Waals surface area contributed by atoms with Crippen LogP contribution in [0.3, 0.4) is 0 Å². The number of ether oxygens (including phenoxy) is 3. The minimum atomic E-state index is -1.57. The standard InChI is InChI=1S/C54H101NO10/c1-3-5-7-9-11-13-14-15-16-19-22-26-30-34-38-42-50(59)63-43-39-35-31-27-23-20-17-18-21-25-29-33-37-41-49(58)55-46(47(57)40-36-32-28-24-12-10-8-6-4-2)45-64-54-53(62)52(61)51(60)48(44-56)65-54/h15-16,36,40,46-48,51-54,56-57,60-62H,3-14,17-35,37-39,41-45H2,1-2H3,(H,55,58)/b16-15-,40-36+. The van der Waals surface area contributed by atoms with Crippen molar-refractivity contribution >= 4 is 11.9 Å². The molecule has 1 aliphatic heterocycles. The van der Waals surface area contributed by atoms with Crippen LogP contribution in [-0.4, -0.2) is 100 Å². The molecule has 7 unspecified atom stereocenters. The fraction of sp³-hybridized carbons (Fsp3) is 0.889. The van der Waals surface area contributed by atoms with Crippen molar-refractivity contribution in [3.05, 3.63) is 24.3 Å². The quantitative estimate of drug-likeness (QED) is 0.0196. The summed E-state index contributed by atoms with van der Waals surface area (Å²) in [7, 11) is 0. The fourth-order valence-electron chi connectivity index (χ4n) is 8.43. The lowest BCUT2D eigenvalue weighted by Crippen LogP contribution is -2.60. The highest BCUT2D eigenvalue weighted by molar-refractivity contribution is 5.76. The largest absolute Gasteiger partial charge is 0.466 e. The second kappa shape index (κ2) is 44.6. The zero-order valence-electron chi connectivity index (χ0n) is 41.7. The Morgan fingerprint density at radius 2 is 0.985 bits per heavy atom. The van der Waals surface area contributed by atoms with Crippen LogP contribution < -0.4 is 5.32 Å². The molecule has 0 radical (unpaired) electrons. The van der Waals surface area contributed by atoms with Gasteiger partial charge >= 0.3 is 5.97 Å². The second-order valence-corrected chi connectivity index (χ2v) is 18.9. The molecular formula is C54H101NO10. The number of hydrogen-bond acceptors (Lipinski definition) is 10. The lowest BCUT2D eigenvalue weighted by atomic mass is 9.99. The molecule has 1 aliphatic rings. The first-order chi connectivity index (χ1) is 31.7. The maximum atomic E-state index is 13.0. The molecule has 1 saturated heterocycles. The summed E-state index contributed by atoms with van der Waals surface area (Å²) >= 11 is 0. The average molecular weight is 924 g/mol. The number of carbonyl (C=O) groups is 2. The number of hydrogen-bond donors (Lipinski definition) is 6. The predicted molar refractivity (Wildman–Crippen MR) is 264 cm³/mol. The van der Waals surface area contributed by atoms with Gasteiger partial charge in [-0.15, -0.1) is 0 Å². The maximum absolute atomic E-state index is 13.0. The van der Waals surface area contributed by atoms with Crippen LogP contribution in [0.4, 0.5) is 0 Å². The molecule has 1 amide bonds. The smallest absolute Gasteiger partial charge is 0.305 e. The Morgan fingerprint density at radius 3 is 1.48 bits per heavy atom. The zero-order chi connectivity index (χ0) is 47.4. The van der Waals surface area contributed by atoms with Crippen molar-refractivity contribution in [1.82, 2.24) is 5.32 Å². The summed E-state index contributed by atoms with van der Waals surface area (Å²) in [5, 5.41) is 54.1. The first-order valence-electron chi connectivity index (χ1n) is 27.1. The lowest BCUT2D eigenvalue weighted by molar-refractivity contribution is -0.302. The van der Waals surface area contributed by atoms with Gasteiger partial charge in [0, 0.05) is 12.8 Å². The van der Waals surface area contributed by atoms with Gasteiger partial charge in [-0.25, -0.2) is 0 Å². The van der Waals surface area contributed by atoms with Crippen LogP contribution in [0, 0.1) is 0 Å². The Hall–Kier alpha value is -1.86. The highest BCUT2D eigenvalue weighted by Gasteiger charge is 2.44. The number of allylic oxidation sites excluding steroid dienone is 3. The molecule has 0 aromatic heterocycles. The van der Waals surface area contributed by atoms with Gasteiger partial charge in [-0.1, -0.05) is 199 Å². The third-order valence-corrected chi connectivity index (χ3v) is 12.8. The molecule has 0 saturated carbocycles. The van der Waals surface area contributed by atoms with Crippen LogP contribution in [0.15, 0.2) is 24.3 Å². The summed E-state index contributed by atoms with van der Waals surface area (Å²) in [4.78, 5) is 25.0. The molecular weight excluding hydrogens is 823 g/mol. The van der Waals surface area contributed by atoms with Crippen molar-refractivity contribution < 1.29 is 49.3 Å². The molecule has 0 bridgehead atoms. The minimum Gasteiger partial charge on any atom is -0.466 e. The molecule has 0 aliphatic carbocycles. The number of esters is 1. The first kappa shape index (κ1) is 61.2. The van der Waals surface area contributed by atoms with Crippen molar-refractivity contribution in [1.29, 1.82) is 0 Å². The maximum Gasteiger partial charge on any atom is 0.305 e. The molecule has 7 atom stereocenters. The minimum absolute atomic E-state index is 0.0360. The summed E-state index contributed by atoms with van der Waals surface area (Å²) in [6.07, 6.45) is 41.2. The summed E-state index contributed by atoms with van der Waals surface area (Å²) in [5.41, 5.74) is 0. The van der Waals surface area contributed by atoms with Crippen molar-refractivity contribution in [3.63, 3.8) is 0 Å². The molecule has 382 valence electrons. The van der Waals surface area contributed by atoms with E-state index in [0.717, 1.165) is 70.6 Å². The van der Waals surface area contributed by atoms with Crippen LogP contribution in [0.5, 0.6) is 0 Å². The van der Waals surface area contributed by atoms with E-state index < -0.39 is 49.5 Å². The molecule has 65 heavy (non-hydrogen) atoms. The molecule has 1 heterocycles. The number of nitrogens with one attached hydrogen (secondary N) is 1. The van der Waals surface area contributed by atoms with Gasteiger partial charge < -0.3 is 45.1 Å². The van der Waals surface area contributed by atoms with Gasteiger partial charge in [-0.3, -0.25) is 9.59 Å². The van der Waals surface area contributed by atoms with Gasteiger partial charge in [0.05, 0.1) is 32.0 Å². The first-order valence-corrected chi connectivity index (χ1v) is 27.1. The molecule has 1 rings (SSSR count). The van der Waals surface area contributed by atoms with Gasteiger partial charge in [-0.2, -0.15) is 0 Å². The number of rotatable bonds is 46. The molecule has 0 aromatic carbocycles. The normalized spacial score (nSPS) is 19.9. The van der Waals surface area contributed by atoms with E-state index in [1.807, 2.05) is 6.08 Å². The van der Waals surface area contributed by atoms with Gasteiger partial charge in [-0.05, 0) is 57.8 Å². The third-order valence-electron chi connectivity index (χ3n) is 12.8. The average Bonchev–Trinajstić information content (AvgIpc) is 3.30. The summed E-state index contributed by atoms with van der Waals surface area (Å²) in [6, 6.07) is -0.818. The van der Waals surface area contributed by atoms with E-state index >= 15 is 0 Å². The van der Waals surface area contributed by atoms with Gasteiger partial charge in [0.2, 0.25) is 5.91 Å². The molecule has 0 aromatic rings. The van der Waals surface area contributed by atoms with E-state index in [0.29, 0.717) is 19.4 Å². The van der Waals surface area contributed by atoms with E-state index in [4.69, 9.17) is 14.2 Å². The zero-order valence-corrected chi connectivity index (χ0v) is 41.7. The monoisotopic (exact) mass is 924 g/mol. The molecule has 6 N–H and O–H groups in total. The number of unbranched alkanes of at least 4 members (excludes halogenated alkanes) is 30. The van der Waals surface area contributed by atoms with Crippen LogP contribution in [0.2, 0.25) is 0 Å². The van der Waals surface area contributed by atoms with Crippen molar-refractivity contribution in [2.45, 2.75) is 288 Å². The number of aliphatic hydroxyl groups is 5.